The maximum atomic E-state index is 14.5. The monoisotopic (exact) mass is 444 g/mol. The molecule has 4 aromatic rings. The van der Waals surface area contributed by atoms with Crippen LogP contribution in [0, 0.1) is 47.0 Å². The van der Waals surface area contributed by atoms with E-state index in [2.05, 4.69) is 23.7 Å². The summed E-state index contributed by atoms with van der Waals surface area (Å²) >= 11 is 0. The third-order valence-corrected chi connectivity index (χ3v) is 4.78. The fourth-order valence-corrected chi connectivity index (χ4v) is 3.15. The molecule has 0 aromatic heterocycles. The van der Waals surface area contributed by atoms with Crippen molar-refractivity contribution in [1.82, 2.24) is 0 Å². The van der Waals surface area contributed by atoms with Crippen molar-refractivity contribution in [2.75, 3.05) is 6.61 Å². The first-order valence-electron chi connectivity index (χ1n) is 10.1. The van der Waals surface area contributed by atoms with Crippen molar-refractivity contribution in [2.24, 2.45) is 0 Å². The fraction of sp³-hybridized carbons (Fsp3) is 0.0714. The SMILES string of the molecule is CCOc1ccc(C#Cc2ccc(C#Cc3ccc4cc(F)c(F)cc4c3)c(F)c2)c(F)c1. The highest BCUT2D eigenvalue weighted by Gasteiger charge is 2.05. The molecular weight excluding hydrogens is 428 g/mol. The summed E-state index contributed by atoms with van der Waals surface area (Å²) in [5.41, 5.74) is 1.23. The van der Waals surface area contributed by atoms with Gasteiger partial charge in [0.15, 0.2) is 11.6 Å². The Balaban J connectivity index is 1.55. The average molecular weight is 444 g/mol. The Hall–Kier alpha value is -4.22. The van der Waals surface area contributed by atoms with Crippen LogP contribution in [-0.4, -0.2) is 6.61 Å². The minimum Gasteiger partial charge on any atom is -0.494 e. The third kappa shape index (κ3) is 5.17. The van der Waals surface area contributed by atoms with Crippen LogP contribution in [0.1, 0.15) is 29.2 Å². The van der Waals surface area contributed by atoms with Crippen molar-refractivity contribution in [1.29, 1.82) is 0 Å². The van der Waals surface area contributed by atoms with Gasteiger partial charge in [0, 0.05) is 17.2 Å². The first-order chi connectivity index (χ1) is 15.9. The summed E-state index contributed by atoms with van der Waals surface area (Å²) in [5, 5.41) is 1.03. The van der Waals surface area contributed by atoms with Gasteiger partial charge in [-0.1, -0.05) is 29.7 Å². The Bertz CT molecular complexity index is 1480. The van der Waals surface area contributed by atoms with E-state index in [1.54, 1.807) is 37.3 Å². The topological polar surface area (TPSA) is 9.23 Å². The van der Waals surface area contributed by atoms with Crippen LogP contribution in [0.4, 0.5) is 17.6 Å². The minimum absolute atomic E-state index is 0.151. The summed E-state index contributed by atoms with van der Waals surface area (Å²) in [5.74, 6) is 8.44. The van der Waals surface area contributed by atoms with Gasteiger partial charge < -0.3 is 4.74 Å². The molecule has 0 radical (unpaired) electrons. The maximum Gasteiger partial charge on any atom is 0.159 e. The zero-order valence-corrected chi connectivity index (χ0v) is 17.5. The molecule has 0 aliphatic heterocycles. The minimum atomic E-state index is -0.944. The highest BCUT2D eigenvalue weighted by atomic mass is 19.2. The Morgan fingerprint density at radius 2 is 1.15 bits per heavy atom. The number of hydrogen-bond acceptors (Lipinski definition) is 1. The normalized spacial score (nSPS) is 10.2. The van der Waals surface area contributed by atoms with Crippen molar-refractivity contribution in [3.8, 4) is 29.4 Å². The van der Waals surface area contributed by atoms with Crippen LogP contribution in [0.2, 0.25) is 0 Å². The smallest absolute Gasteiger partial charge is 0.159 e. The summed E-state index contributed by atoms with van der Waals surface area (Å²) in [4.78, 5) is 0. The van der Waals surface area contributed by atoms with Gasteiger partial charge in [-0.3, -0.25) is 0 Å². The molecule has 4 aromatic carbocycles. The number of halogens is 4. The number of ether oxygens (including phenoxy) is 1. The van der Waals surface area contributed by atoms with Crippen molar-refractivity contribution >= 4 is 10.8 Å². The Kier molecular flexibility index (Phi) is 6.33. The molecular formula is C28H16F4O. The Morgan fingerprint density at radius 3 is 1.79 bits per heavy atom. The summed E-state index contributed by atoms with van der Waals surface area (Å²) in [6.45, 7) is 2.23. The lowest BCUT2D eigenvalue weighted by Crippen LogP contribution is -1.93. The zero-order chi connectivity index (χ0) is 23.4. The molecule has 0 aliphatic carbocycles. The van der Waals surface area contributed by atoms with Gasteiger partial charge in [0.1, 0.15) is 17.4 Å². The van der Waals surface area contributed by atoms with E-state index in [0.717, 1.165) is 12.1 Å². The molecule has 0 spiro atoms. The molecule has 4 rings (SSSR count). The molecule has 162 valence electrons. The van der Waals surface area contributed by atoms with Crippen LogP contribution in [-0.2, 0) is 0 Å². The fourth-order valence-electron chi connectivity index (χ4n) is 3.15. The van der Waals surface area contributed by atoms with Crippen LogP contribution in [0.15, 0.2) is 66.7 Å². The molecule has 1 nitrogen and oxygen atoms in total. The third-order valence-electron chi connectivity index (χ3n) is 4.78. The first kappa shape index (κ1) is 22.0. The van der Waals surface area contributed by atoms with E-state index in [1.165, 1.54) is 24.3 Å². The highest BCUT2D eigenvalue weighted by molar-refractivity contribution is 5.84. The Labute approximate surface area is 188 Å². The second kappa shape index (κ2) is 9.51. The molecule has 0 fully saturated rings. The van der Waals surface area contributed by atoms with Crippen LogP contribution in [0.25, 0.3) is 10.8 Å². The summed E-state index contributed by atoms with van der Waals surface area (Å²) < 4.78 is 60.6. The van der Waals surface area contributed by atoms with Crippen LogP contribution >= 0.6 is 0 Å². The first-order valence-corrected chi connectivity index (χ1v) is 10.1. The number of hydrogen-bond donors (Lipinski definition) is 0. The van der Waals surface area contributed by atoms with E-state index >= 15 is 0 Å². The van der Waals surface area contributed by atoms with Crippen LogP contribution in [0.5, 0.6) is 5.75 Å². The van der Waals surface area contributed by atoms with Crippen molar-refractivity contribution < 1.29 is 22.3 Å². The van der Waals surface area contributed by atoms with Gasteiger partial charge in [-0.15, -0.1) is 0 Å². The van der Waals surface area contributed by atoms with Gasteiger partial charge >= 0.3 is 0 Å². The van der Waals surface area contributed by atoms with E-state index in [-0.39, 0.29) is 11.1 Å². The van der Waals surface area contributed by atoms with E-state index in [9.17, 15) is 17.6 Å². The molecule has 0 amide bonds. The van der Waals surface area contributed by atoms with Crippen molar-refractivity contribution in [3.05, 3.63) is 112 Å². The van der Waals surface area contributed by atoms with Gasteiger partial charge in [0.2, 0.25) is 0 Å². The van der Waals surface area contributed by atoms with Crippen molar-refractivity contribution in [3.63, 3.8) is 0 Å². The number of benzene rings is 4. The quantitative estimate of drug-likeness (QED) is 0.250. The van der Waals surface area contributed by atoms with Gasteiger partial charge in [-0.05, 0) is 72.3 Å². The van der Waals surface area contributed by atoms with Gasteiger partial charge in [-0.2, -0.15) is 0 Å². The van der Waals surface area contributed by atoms with Crippen LogP contribution < -0.4 is 4.74 Å². The lowest BCUT2D eigenvalue weighted by atomic mass is 10.1. The molecule has 5 heteroatoms. The van der Waals surface area contributed by atoms with Gasteiger partial charge in [0.25, 0.3) is 0 Å². The molecule has 33 heavy (non-hydrogen) atoms. The zero-order valence-electron chi connectivity index (χ0n) is 17.5. The summed E-state index contributed by atoms with van der Waals surface area (Å²) in [6.07, 6.45) is 0. The average Bonchev–Trinajstić information content (AvgIpc) is 2.79. The standard InChI is InChI=1S/C28H16F4O/c1-2-33-24-12-11-21(26(30)17-24)9-5-19-4-8-20(25(29)14-19)7-3-18-6-10-22-15-27(31)28(32)16-23(22)13-18/h4,6,8,10-17H,2H2,1H3. The summed E-state index contributed by atoms with van der Waals surface area (Å²) in [7, 11) is 0. The summed E-state index contributed by atoms with van der Waals surface area (Å²) in [6, 6.07) is 15.8. The predicted molar refractivity (Wildman–Crippen MR) is 120 cm³/mol. The van der Waals surface area contributed by atoms with E-state index in [1.807, 2.05) is 0 Å². The maximum absolute atomic E-state index is 14.5. The molecule has 0 atom stereocenters. The van der Waals surface area contributed by atoms with Gasteiger partial charge in [0.05, 0.1) is 17.7 Å². The van der Waals surface area contributed by atoms with Gasteiger partial charge in [-0.25, -0.2) is 17.6 Å². The molecule has 0 aliphatic rings. The predicted octanol–water partition coefficient (Wildman–Crippen LogP) is 6.59. The second-order valence-electron chi connectivity index (χ2n) is 7.10. The molecule has 0 saturated carbocycles. The van der Waals surface area contributed by atoms with E-state index in [4.69, 9.17) is 4.74 Å². The molecule has 0 bridgehead atoms. The molecule has 0 heterocycles. The van der Waals surface area contributed by atoms with E-state index in [0.29, 0.717) is 34.3 Å². The molecule has 0 N–H and O–H groups in total. The Morgan fingerprint density at radius 1 is 0.576 bits per heavy atom. The van der Waals surface area contributed by atoms with E-state index < -0.39 is 23.3 Å². The largest absolute Gasteiger partial charge is 0.494 e. The highest BCUT2D eigenvalue weighted by Crippen LogP contribution is 2.20. The number of rotatable bonds is 2. The number of fused-ring (bicyclic) bond motifs is 1. The second-order valence-corrected chi connectivity index (χ2v) is 7.10. The van der Waals surface area contributed by atoms with Crippen LogP contribution in [0.3, 0.4) is 0 Å². The lowest BCUT2D eigenvalue weighted by molar-refractivity contribution is 0.338. The lowest BCUT2D eigenvalue weighted by Gasteiger charge is -2.03. The van der Waals surface area contributed by atoms with Crippen molar-refractivity contribution in [2.45, 2.75) is 6.92 Å². The molecule has 0 unspecified atom stereocenters. The molecule has 0 saturated heterocycles.